The fourth-order valence-electron chi connectivity index (χ4n) is 2.52. The highest BCUT2D eigenvalue weighted by Gasteiger charge is 2.48. The van der Waals surface area contributed by atoms with Gasteiger partial charge in [0.2, 0.25) is 5.88 Å². The lowest BCUT2D eigenvalue weighted by Crippen LogP contribution is -2.51. The molecule has 4 rings (SSSR count). The predicted octanol–water partition coefficient (Wildman–Crippen LogP) is 2.03. The molecule has 15 heavy (non-hydrogen) atoms. The summed E-state index contributed by atoms with van der Waals surface area (Å²) in [6.07, 6.45) is 5.74. The summed E-state index contributed by atoms with van der Waals surface area (Å²) in [4.78, 5) is 4.16. The van der Waals surface area contributed by atoms with Crippen molar-refractivity contribution < 1.29 is 9.47 Å². The fraction of sp³-hybridized carbons (Fsp3) is 0.583. The molecule has 0 atom stereocenters. The zero-order chi connectivity index (χ0) is 10.1. The summed E-state index contributed by atoms with van der Waals surface area (Å²) < 4.78 is 11.3. The van der Waals surface area contributed by atoms with Crippen LogP contribution in [0.25, 0.3) is 0 Å². The first-order chi connectivity index (χ1) is 7.36. The lowest BCUT2D eigenvalue weighted by atomic mass is 9.63. The van der Waals surface area contributed by atoms with Gasteiger partial charge in [-0.05, 0) is 25.3 Å². The zero-order valence-corrected chi connectivity index (χ0v) is 8.69. The largest absolute Gasteiger partial charge is 0.477 e. The second-order valence-corrected chi connectivity index (χ2v) is 4.61. The van der Waals surface area contributed by atoms with E-state index >= 15 is 0 Å². The number of fused-ring (bicyclic) bond motifs is 2. The Morgan fingerprint density at radius 1 is 1.47 bits per heavy atom. The highest BCUT2D eigenvalue weighted by Crippen LogP contribution is 2.49. The number of nitrogens with zero attached hydrogens (tertiary/aromatic N) is 1. The van der Waals surface area contributed by atoms with Crippen LogP contribution < -0.4 is 4.74 Å². The van der Waals surface area contributed by atoms with Crippen molar-refractivity contribution in [2.24, 2.45) is 5.41 Å². The Hall–Kier alpha value is -1.09. The highest BCUT2D eigenvalue weighted by molar-refractivity contribution is 5.10. The molecule has 3 heterocycles. The minimum atomic E-state index is 0.389. The molecule has 3 nitrogen and oxygen atoms in total. The molecule has 1 aromatic rings. The van der Waals surface area contributed by atoms with Gasteiger partial charge in [0, 0.05) is 24.3 Å². The van der Waals surface area contributed by atoms with Crippen LogP contribution in [0.15, 0.2) is 24.4 Å². The average Bonchev–Trinajstić information content (AvgIpc) is 2.28. The van der Waals surface area contributed by atoms with E-state index in [4.69, 9.17) is 9.47 Å². The van der Waals surface area contributed by atoms with E-state index in [1.807, 2.05) is 18.2 Å². The molecule has 2 bridgehead atoms. The van der Waals surface area contributed by atoms with Crippen LogP contribution in [0.5, 0.6) is 5.88 Å². The summed E-state index contributed by atoms with van der Waals surface area (Å²) in [5, 5.41) is 0. The Balaban J connectivity index is 1.58. The molecule has 1 aliphatic carbocycles. The molecule has 0 amide bonds. The number of hydrogen-bond donors (Lipinski definition) is 0. The van der Waals surface area contributed by atoms with E-state index in [0.29, 0.717) is 11.5 Å². The van der Waals surface area contributed by atoms with Crippen molar-refractivity contribution >= 4 is 0 Å². The summed E-state index contributed by atoms with van der Waals surface area (Å²) in [5.41, 5.74) is 0.389. The van der Waals surface area contributed by atoms with Crippen LogP contribution in [0.1, 0.15) is 19.3 Å². The average molecular weight is 205 g/mol. The van der Waals surface area contributed by atoms with E-state index in [2.05, 4.69) is 4.98 Å². The van der Waals surface area contributed by atoms with Crippen molar-refractivity contribution in [3.05, 3.63) is 24.4 Å². The molecule has 3 heteroatoms. The minimum absolute atomic E-state index is 0.389. The molecule has 2 saturated heterocycles. The highest BCUT2D eigenvalue weighted by atomic mass is 16.5. The van der Waals surface area contributed by atoms with Gasteiger partial charge >= 0.3 is 0 Å². The van der Waals surface area contributed by atoms with Crippen molar-refractivity contribution in [2.45, 2.75) is 25.4 Å². The van der Waals surface area contributed by atoms with Crippen molar-refractivity contribution in [3.8, 4) is 5.88 Å². The number of hydrogen-bond acceptors (Lipinski definition) is 3. The van der Waals surface area contributed by atoms with Crippen LogP contribution in [0.3, 0.4) is 0 Å². The SMILES string of the molecule is c1ccc(OCC23CCOC(C2)C3)nc1. The van der Waals surface area contributed by atoms with Gasteiger partial charge < -0.3 is 9.47 Å². The van der Waals surface area contributed by atoms with E-state index in [1.54, 1.807) is 6.20 Å². The van der Waals surface area contributed by atoms with Crippen molar-refractivity contribution in [1.82, 2.24) is 4.98 Å². The third-order valence-electron chi connectivity index (χ3n) is 3.47. The third kappa shape index (κ3) is 1.72. The van der Waals surface area contributed by atoms with Gasteiger partial charge in [0.05, 0.1) is 12.7 Å². The molecule has 3 aliphatic rings. The van der Waals surface area contributed by atoms with Gasteiger partial charge in [0.1, 0.15) is 0 Å². The Bertz CT molecular complexity index is 327. The van der Waals surface area contributed by atoms with Crippen LogP contribution in [-0.4, -0.2) is 24.3 Å². The molecule has 0 N–H and O–H groups in total. The van der Waals surface area contributed by atoms with Gasteiger partial charge in [-0.1, -0.05) is 6.07 Å². The van der Waals surface area contributed by atoms with Crippen LogP contribution in [0.4, 0.5) is 0 Å². The molecule has 0 spiro atoms. The summed E-state index contributed by atoms with van der Waals surface area (Å²) in [6.45, 7) is 1.69. The molecule has 0 radical (unpaired) electrons. The van der Waals surface area contributed by atoms with Gasteiger partial charge in [-0.3, -0.25) is 0 Å². The van der Waals surface area contributed by atoms with E-state index in [9.17, 15) is 0 Å². The summed E-state index contributed by atoms with van der Waals surface area (Å²) in [6, 6.07) is 5.76. The van der Waals surface area contributed by atoms with E-state index in [1.165, 1.54) is 12.8 Å². The van der Waals surface area contributed by atoms with Gasteiger partial charge in [0.25, 0.3) is 0 Å². The van der Waals surface area contributed by atoms with Gasteiger partial charge in [-0.25, -0.2) is 4.98 Å². The maximum absolute atomic E-state index is 5.72. The zero-order valence-electron chi connectivity index (χ0n) is 8.69. The normalized spacial score (nSPS) is 33.2. The van der Waals surface area contributed by atoms with Crippen LogP contribution >= 0.6 is 0 Å². The lowest BCUT2D eigenvalue weighted by molar-refractivity contribution is -0.160. The Labute approximate surface area is 89.4 Å². The van der Waals surface area contributed by atoms with Crippen LogP contribution in [0.2, 0.25) is 0 Å². The third-order valence-corrected chi connectivity index (χ3v) is 3.47. The maximum Gasteiger partial charge on any atom is 0.213 e. The van der Waals surface area contributed by atoms with E-state index < -0.39 is 0 Å². The molecular weight excluding hydrogens is 190 g/mol. The molecule has 0 unspecified atom stereocenters. The Morgan fingerprint density at radius 2 is 2.40 bits per heavy atom. The van der Waals surface area contributed by atoms with Crippen LogP contribution in [0, 0.1) is 5.41 Å². The maximum atomic E-state index is 5.72. The summed E-state index contributed by atoms with van der Waals surface area (Å²) >= 11 is 0. The summed E-state index contributed by atoms with van der Waals surface area (Å²) in [7, 11) is 0. The van der Waals surface area contributed by atoms with Gasteiger partial charge in [0.15, 0.2) is 0 Å². The molecule has 0 aromatic carbocycles. The number of rotatable bonds is 3. The first kappa shape index (κ1) is 9.16. The number of aromatic nitrogens is 1. The minimum Gasteiger partial charge on any atom is -0.477 e. The quantitative estimate of drug-likeness (QED) is 0.756. The standard InChI is InChI=1S/C12H15NO2/c1-2-5-13-11(3-1)15-9-12-4-6-14-10(7-12)8-12/h1-3,5,10H,4,6-9H2. The topological polar surface area (TPSA) is 31.4 Å². The molecule has 80 valence electrons. The lowest BCUT2D eigenvalue weighted by Gasteiger charge is -2.51. The van der Waals surface area contributed by atoms with Crippen molar-refractivity contribution in [1.29, 1.82) is 0 Å². The monoisotopic (exact) mass is 205 g/mol. The predicted molar refractivity (Wildman–Crippen MR) is 55.8 cm³/mol. The van der Waals surface area contributed by atoms with Crippen molar-refractivity contribution in [2.75, 3.05) is 13.2 Å². The molecule has 2 aliphatic heterocycles. The van der Waals surface area contributed by atoms with Crippen molar-refractivity contribution in [3.63, 3.8) is 0 Å². The number of ether oxygens (including phenoxy) is 2. The molecular formula is C12H15NO2. The second kappa shape index (κ2) is 3.49. The Morgan fingerprint density at radius 3 is 3.07 bits per heavy atom. The van der Waals surface area contributed by atoms with Gasteiger partial charge in [-0.15, -0.1) is 0 Å². The molecule has 1 saturated carbocycles. The first-order valence-corrected chi connectivity index (χ1v) is 5.52. The van der Waals surface area contributed by atoms with E-state index in [-0.39, 0.29) is 0 Å². The van der Waals surface area contributed by atoms with E-state index in [0.717, 1.165) is 25.5 Å². The fourth-order valence-corrected chi connectivity index (χ4v) is 2.52. The first-order valence-electron chi connectivity index (χ1n) is 5.52. The number of pyridine rings is 1. The molecule has 3 fully saturated rings. The smallest absolute Gasteiger partial charge is 0.213 e. The second-order valence-electron chi connectivity index (χ2n) is 4.61. The van der Waals surface area contributed by atoms with Gasteiger partial charge in [-0.2, -0.15) is 0 Å². The Kier molecular flexibility index (Phi) is 2.13. The van der Waals surface area contributed by atoms with Crippen LogP contribution in [-0.2, 0) is 4.74 Å². The molecule has 1 aromatic heterocycles. The summed E-state index contributed by atoms with van der Waals surface area (Å²) in [5.74, 6) is 0.738.